The third kappa shape index (κ3) is 6.38. The Morgan fingerprint density at radius 3 is 1.54 bits per heavy atom. The molecule has 1 fully saturated rings. The van der Waals surface area contributed by atoms with E-state index >= 15 is 0 Å². The first-order valence-electron chi connectivity index (χ1n) is 26.6. The number of benzene rings is 9. The van der Waals surface area contributed by atoms with Gasteiger partial charge in [-0.25, -0.2) is 0 Å². The fourth-order valence-corrected chi connectivity index (χ4v) is 14.1. The fourth-order valence-electron chi connectivity index (χ4n) is 14.1. The summed E-state index contributed by atoms with van der Waals surface area (Å²) in [5, 5.41) is 0. The largest absolute Gasteiger partial charge is 0.310 e. The molecule has 0 unspecified atom stereocenters. The Morgan fingerprint density at radius 2 is 0.889 bits per heavy atom. The van der Waals surface area contributed by atoms with Gasteiger partial charge in [0.15, 0.2) is 0 Å². The van der Waals surface area contributed by atoms with Crippen LogP contribution >= 0.6 is 0 Å². The van der Waals surface area contributed by atoms with Crippen LogP contribution < -0.4 is 4.90 Å². The molecule has 1 nitrogen and oxygen atoms in total. The van der Waals surface area contributed by atoms with Crippen LogP contribution in [0.25, 0.3) is 44.5 Å². The standard InChI is InChI=1S/C71H65N/c1-67(2,3)47-21-17-23-49(43-47)71(50-24-18-22-48(44-50)68(4,5)6)61-32-14-11-27-58(61)65-62(71)33-20-34-64(65)72(52-39-40-56-54-25-10-13-31-60(54)70(63(56)45-52)41-15-16-42-70)51-37-35-46(36-38-51)53-28-19-29-57-55-26-9-12-30-59(55)69(7,8)66(53)57/h9-14,17-40,43-45H,15-16,41-42H2,1-8H3. The van der Waals surface area contributed by atoms with Crippen LogP contribution in [0.15, 0.2) is 200 Å². The molecule has 0 saturated heterocycles. The van der Waals surface area contributed by atoms with Gasteiger partial charge in [-0.05, 0) is 149 Å². The summed E-state index contributed by atoms with van der Waals surface area (Å²) in [4.78, 5) is 2.60. The van der Waals surface area contributed by atoms with Gasteiger partial charge in [-0.1, -0.05) is 238 Å². The summed E-state index contributed by atoms with van der Waals surface area (Å²) in [7, 11) is 0. The minimum absolute atomic E-state index is 0.0281. The highest BCUT2D eigenvalue weighted by Crippen LogP contribution is 2.62. The van der Waals surface area contributed by atoms with Crippen LogP contribution in [0.4, 0.5) is 17.1 Å². The van der Waals surface area contributed by atoms with Gasteiger partial charge in [0.2, 0.25) is 0 Å². The Hall–Kier alpha value is -7.22. The molecule has 0 atom stereocenters. The molecular formula is C71H65N. The Balaban J connectivity index is 1.07. The molecule has 0 radical (unpaired) electrons. The van der Waals surface area contributed by atoms with E-state index in [9.17, 15) is 0 Å². The quantitative estimate of drug-likeness (QED) is 0.161. The Labute approximate surface area is 428 Å². The molecule has 0 heterocycles. The molecule has 0 amide bonds. The molecule has 354 valence electrons. The Morgan fingerprint density at radius 1 is 0.389 bits per heavy atom. The number of anilines is 3. The lowest BCUT2D eigenvalue weighted by atomic mass is 9.66. The van der Waals surface area contributed by atoms with Crippen LogP contribution in [0.3, 0.4) is 0 Å². The van der Waals surface area contributed by atoms with Crippen molar-refractivity contribution in [1.29, 1.82) is 0 Å². The summed E-state index contributed by atoms with van der Waals surface area (Å²) < 4.78 is 0. The molecule has 9 aromatic rings. The van der Waals surface area contributed by atoms with Crippen LogP contribution in [-0.4, -0.2) is 0 Å². The second-order valence-electron chi connectivity index (χ2n) is 24.0. The van der Waals surface area contributed by atoms with Gasteiger partial charge in [-0.15, -0.1) is 0 Å². The number of rotatable bonds is 6. The van der Waals surface area contributed by atoms with E-state index in [0.29, 0.717) is 0 Å². The number of hydrogen-bond donors (Lipinski definition) is 0. The van der Waals surface area contributed by atoms with Crippen LogP contribution in [0, 0.1) is 0 Å². The maximum atomic E-state index is 2.60. The van der Waals surface area contributed by atoms with E-state index < -0.39 is 5.41 Å². The lowest BCUT2D eigenvalue weighted by molar-refractivity contribution is 0.550. The summed E-state index contributed by atoms with van der Waals surface area (Å²) >= 11 is 0. The summed E-state index contributed by atoms with van der Waals surface area (Å²) in [5.41, 5.74) is 27.2. The van der Waals surface area contributed by atoms with E-state index in [0.717, 1.165) is 5.69 Å². The van der Waals surface area contributed by atoms with Crippen molar-refractivity contribution in [3.8, 4) is 44.5 Å². The molecular weight excluding hydrogens is 867 g/mol. The molecule has 1 heteroatoms. The van der Waals surface area contributed by atoms with Crippen molar-refractivity contribution >= 4 is 17.1 Å². The SMILES string of the molecule is CC(C)(C)c1cccc(C2(c3cccc(C(C)(C)C)c3)c3ccccc3-c3c(N(c4ccc(-c5cccc6c5C(C)(C)c5ccccc5-6)cc4)c4ccc5c(c4)C4(CCCC4)c4ccccc4-5)cccc32)c1. The highest BCUT2D eigenvalue weighted by Gasteiger charge is 2.49. The van der Waals surface area contributed by atoms with E-state index in [2.05, 4.69) is 260 Å². The molecule has 1 spiro atoms. The minimum Gasteiger partial charge on any atom is -0.310 e. The average Bonchev–Trinajstić information content (AvgIpc) is 4.14. The van der Waals surface area contributed by atoms with Gasteiger partial charge in [-0.3, -0.25) is 0 Å². The molecule has 1 saturated carbocycles. The van der Waals surface area contributed by atoms with Gasteiger partial charge in [0.1, 0.15) is 0 Å². The lowest BCUT2D eigenvalue weighted by Crippen LogP contribution is -2.30. The number of fused-ring (bicyclic) bond motifs is 11. The molecule has 0 bridgehead atoms. The average molecular weight is 932 g/mol. The molecule has 0 aliphatic heterocycles. The molecule has 4 aliphatic carbocycles. The first kappa shape index (κ1) is 44.7. The maximum absolute atomic E-state index is 2.60. The van der Waals surface area contributed by atoms with Crippen LogP contribution in [0.5, 0.6) is 0 Å². The topological polar surface area (TPSA) is 3.24 Å². The van der Waals surface area contributed by atoms with Crippen molar-refractivity contribution in [1.82, 2.24) is 0 Å². The first-order chi connectivity index (χ1) is 34.7. The van der Waals surface area contributed by atoms with E-state index in [1.165, 1.54) is 137 Å². The zero-order valence-electron chi connectivity index (χ0n) is 43.3. The van der Waals surface area contributed by atoms with E-state index in [-0.39, 0.29) is 21.7 Å². The van der Waals surface area contributed by atoms with Crippen molar-refractivity contribution in [3.63, 3.8) is 0 Å². The van der Waals surface area contributed by atoms with Crippen LogP contribution in [0.2, 0.25) is 0 Å². The zero-order chi connectivity index (χ0) is 49.4. The van der Waals surface area contributed by atoms with Crippen LogP contribution in [-0.2, 0) is 27.1 Å². The highest BCUT2D eigenvalue weighted by atomic mass is 15.1. The second kappa shape index (κ2) is 15.9. The molecule has 72 heavy (non-hydrogen) atoms. The number of nitrogens with zero attached hydrogens (tertiary/aromatic N) is 1. The van der Waals surface area contributed by atoms with Crippen molar-refractivity contribution in [3.05, 3.63) is 256 Å². The zero-order valence-corrected chi connectivity index (χ0v) is 43.3. The molecule has 0 aromatic heterocycles. The van der Waals surface area contributed by atoms with E-state index in [1.807, 2.05) is 0 Å². The van der Waals surface area contributed by atoms with Gasteiger partial charge in [-0.2, -0.15) is 0 Å². The molecule has 4 aliphatic rings. The predicted molar refractivity (Wildman–Crippen MR) is 304 cm³/mol. The summed E-state index contributed by atoms with van der Waals surface area (Å²) in [6, 6.07) is 77.7. The van der Waals surface area contributed by atoms with Gasteiger partial charge in [0.25, 0.3) is 0 Å². The Bertz CT molecular complexity index is 3580. The van der Waals surface area contributed by atoms with Gasteiger partial charge < -0.3 is 4.90 Å². The molecule has 9 aromatic carbocycles. The smallest absolute Gasteiger partial charge is 0.0714 e. The normalized spacial score (nSPS) is 16.2. The fraction of sp³-hybridized carbons (Fsp3) is 0.239. The summed E-state index contributed by atoms with van der Waals surface area (Å²) in [6.45, 7) is 18.8. The van der Waals surface area contributed by atoms with Crippen molar-refractivity contribution in [2.24, 2.45) is 0 Å². The van der Waals surface area contributed by atoms with E-state index in [1.54, 1.807) is 0 Å². The van der Waals surface area contributed by atoms with Crippen molar-refractivity contribution in [2.45, 2.75) is 108 Å². The third-order valence-electron chi connectivity index (χ3n) is 17.6. The van der Waals surface area contributed by atoms with Gasteiger partial charge in [0, 0.05) is 27.8 Å². The Kier molecular flexibility index (Phi) is 9.86. The first-order valence-corrected chi connectivity index (χ1v) is 26.6. The van der Waals surface area contributed by atoms with Gasteiger partial charge >= 0.3 is 0 Å². The lowest BCUT2D eigenvalue weighted by Gasteiger charge is -2.36. The molecule has 0 N–H and O–H groups in total. The second-order valence-corrected chi connectivity index (χ2v) is 24.0. The van der Waals surface area contributed by atoms with Gasteiger partial charge in [0.05, 0.1) is 11.1 Å². The highest BCUT2D eigenvalue weighted by molar-refractivity contribution is 5.98. The minimum atomic E-state index is -0.578. The van der Waals surface area contributed by atoms with Crippen molar-refractivity contribution < 1.29 is 0 Å². The number of hydrogen-bond acceptors (Lipinski definition) is 1. The monoisotopic (exact) mass is 932 g/mol. The predicted octanol–water partition coefficient (Wildman–Crippen LogP) is 18.9. The summed E-state index contributed by atoms with van der Waals surface area (Å²) in [6.07, 6.45) is 4.89. The van der Waals surface area contributed by atoms with Crippen LogP contribution in [0.1, 0.15) is 137 Å². The van der Waals surface area contributed by atoms with E-state index in [4.69, 9.17) is 0 Å². The summed E-state index contributed by atoms with van der Waals surface area (Å²) in [5.74, 6) is 0. The molecule has 13 rings (SSSR count). The maximum Gasteiger partial charge on any atom is 0.0714 e. The van der Waals surface area contributed by atoms with Crippen molar-refractivity contribution in [2.75, 3.05) is 4.90 Å². The third-order valence-corrected chi connectivity index (χ3v) is 17.6.